The van der Waals surface area contributed by atoms with E-state index >= 15 is 0 Å². The topological polar surface area (TPSA) is 237 Å². The number of nitrogens with zero attached hydrogens (tertiary/aromatic N) is 1. The average molecular weight is 474 g/mol. The Morgan fingerprint density at radius 3 is 2.09 bits per heavy atom. The molecule has 5 atom stereocenters. The molecule has 0 radical (unpaired) electrons. The lowest BCUT2D eigenvalue weighted by Gasteiger charge is -2.24. The zero-order valence-electron chi connectivity index (χ0n) is 17.0. The highest BCUT2D eigenvalue weighted by atomic mass is 32.1. The van der Waals surface area contributed by atoms with E-state index in [0.29, 0.717) is 5.69 Å². The van der Waals surface area contributed by atoms with E-state index in [9.17, 15) is 29.1 Å². The van der Waals surface area contributed by atoms with Crippen LogP contribution in [-0.2, 0) is 30.4 Å². The lowest BCUT2D eigenvalue weighted by atomic mass is 10.1. The van der Waals surface area contributed by atoms with Crippen molar-refractivity contribution in [2.75, 3.05) is 5.75 Å². The van der Waals surface area contributed by atoms with Crippen molar-refractivity contribution in [1.82, 2.24) is 25.9 Å². The van der Waals surface area contributed by atoms with Crippen LogP contribution < -0.4 is 21.7 Å². The fourth-order valence-electron chi connectivity index (χ4n) is 2.43. The minimum absolute atomic E-state index is 0.141. The summed E-state index contributed by atoms with van der Waals surface area (Å²) in [5, 5.41) is 34.1. The van der Waals surface area contributed by atoms with Gasteiger partial charge < -0.3 is 42.0 Å². The van der Waals surface area contributed by atoms with Gasteiger partial charge in [0.1, 0.15) is 24.2 Å². The fraction of sp³-hybridized carbons (Fsp3) is 0.529. The zero-order valence-corrected chi connectivity index (χ0v) is 17.9. The fourth-order valence-corrected chi connectivity index (χ4v) is 2.68. The van der Waals surface area contributed by atoms with Gasteiger partial charge in [0.25, 0.3) is 0 Å². The molecule has 15 heteroatoms. The highest BCUT2D eigenvalue weighted by Crippen LogP contribution is 2.03. The second-order valence-corrected chi connectivity index (χ2v) is 7.21. The Hall–Kier alpha value is -3.17. The van der Waals surface area contributed by atoms with E-state index < -0.39 is 66.4 Å². The monoisotopic (exact) mass is 474 g/mol. The number of imidazole rings is 1. The molecule has 0 fully saturated rings. The van der Waals surface area contributed by atoms with Crippen molar-refractivity contribution in [2.24, 2.45) is 5.73 Å². The molecule has 1 heterocycles. The summed E-state index contributed by atoms with van der Waals surface area (Å²) < 4.78 is 0. The minimum atomic E-state index is -1.73. The van der Waals surface area contributed by atoms with Crippen molar-refractivity contribution >= 4 is 42.3 Å². The number of aromatic nitrogens is 2. The van der Waals surface area contributed by atoms with E-state index in [1.54, 1.807) is 0 Å². The molecule has 0 saturated carbocycles. The van der Waals surface area contributed by atoms with Crippen molar-refractivity contribution in [3.8, 4) is 0 Å². The Morgan fingerprint density at radius 1 is 1.06 bits per heavy atom. The third-order valence-electron chi connectivity index (χ3n) is 4.24. The van der Waals surface area contributed by atoms with Crippen molar-refractivity contribution in [2.45, 2.75) is 50.0 Å². The van der Waals surface area contributed by atoms with Crippen LogP contribution in [0.3, 0.4) is 0 Å². The highest BCUT2D eigenvalue weighted by Gasteiger charge is 2.31. The van der Waals surface area contributed by atoms with Crippen LogP contribution in [0.2, 0.25) is 0 Å². The molecule has 32 heavy (non-hydrogen) atoms. The van der Waals surface area contributed by atoms with E-state index in [1.165, 1.54) is 19.4 Å². The predicted octanol–water partition coefficient (Wildman–Crippen LogP) is -3.40. The Morgan fingerprint density at radius 2 is 1.62 bits per heavy atom. The Balaban J connectivity index is 2.98. The maximum atomic E-state index is 12.7. The molecule has 0 saturated heterocycles. The summed E-state index contributed by atoms with van der Waals surface area (Å²) >= 11 is 3.99. The van der Waals surface area contributed by atoms with Crippen LogP contribution in [0.15, 0.2) is 12.5 Å². The minimum Gasteiger partial charge on any atom is -0.481 e. The zero-order chi connectivity index (χ0) is 24.4. The lowest BCUT2D eigenvalue weighted by Crippen LogP contribution is -2.59. The summed E-state index contributed by atoms with van der Waals surface area (Å²) in [6, 6.07) is -5.61. The van der Waals surface area contributed by atoms with Gasteiger partial charge in [-0.3, -0.25) is 19.2 Å². The van der Waals surface area contributed by atoms with Gasteiger partial charge >= 0.3 is 11.9 Å². The van der Waals surface area contributed by atoms with E-state index in [1.807, 2.05) is 0 Å². The Bertz CT molecular complexity index is 818. The summed E-state index contributed by atoms with van der Waals surface area (Å²) in [5.41, 5.74) is 5.94. The average Bonchev–Trinajstić information content (AvgIpc) is 3.22. The quantitative estimate of drug-likeness (QED) is 0.128. The van der Waals surface area contributed by atoms with Gasteiger partial charge in [0, 0.05) is 24.1 Å². The number of nitrogens with one attached hydrogen (secondary N) is 4. The molecular formula is C17H26N6O8S. The second-order valence-electron chi connectivity index (χ2n) is 6.85. The third kappa shape index (κ3) is 8.52. The van der Waals surface area contributed by atoms with E-state index in [0.717, 1.165) is 0 Å². The number of aliphatic hydroxyl groups excluding tert-OH is 1. The van der Waals surface area contributed by atoms with Gasteiger partial charge in [0.2, 0.25) is 17.7 Å². The molecule has 178 valence electrons. The van der Waals surface area contributed by atoms with Crippen LogP contribution in [0.4, 0.5) is 0 Å². The first-order chi connectivity index (χ1) is 15.0. The summed E-state index contributed by atoms with van der Waals surface area (Å²) in [7, 11) is 0. The molecule has 0 aliphatic rings. The number of amides is 3. The van der Waals surface area contributed by atoms with Crippen molar-refractivity contribution in [1.29, 1.82) is 0 Å². The number of rotatable bonds is 13. The molecule has 0 bridgehead atoms. The van der Waals surface area contributed by atoms with Crippen molar-refractivity contribution < 1.29 is 39.3 Å². The first-order valence-electron chi connectivity index (χ1n) is 9.33. The van der Waals surface area contributed by atoms with E-state index in [-0.39, 0.29) is 12.2 Å². The second kappa shape index (κ2) is 12.6. The number of hydrogen-bond acceptors (Lipinski definition) is 9. The molecule has 14 nitrogen and oxygen atoms in total. The van der Waals surface area contributed by atoms with Crippen LogP contribution in [0, 0.1) is 0 Å². The van der Waals surface area contributed by atoms with E-state index in [2.05, 4.69) is 38.5 Å². The Labute approximate surface area is 187 Å². The number of hydrogen-bond donors (Lipinski definition) is 9. The maximum Gasteiger partial charge on any atom is 0.326 e. The van der Waals surface area contributed by atoms with Crippen LogP contribution in [0.1, 0.15) is 19.0 Å². The number of carbonyl (C=O) groups excluding carboxylic acids is 3. The largest absolute Gasteiger partial charge is 0.481 e. The molecule has 3 amide bonds. The van der Waals surface area contributed by atoms with E-state index in [4.69, 9.17) is 15.9 Å². The number of carboxylic acid groups (broad SMARTS) is 2. The highest BCUT2D eigenvalue weighted by molar-refractivity contribution is 7.80. The maximum absolute atomic E-state index is 12.7. The molecule has 9 N–H and O–H groups in total. The predicted molar refractivity (Wildman–Crippen MR) is 111 cm³/mol. The summed E-state index contributed by atoms with van der Waals surface area (Å²) in [5.74, 6) is -5.82. The van der Waals surface area contributed by atoms with Crippen LogP contribution in [0.5, 0.6) is 0 Å². The van der Waals surface area contributed by atoms with Crippen LogP contribution in [0.25, 0.3) is 0 Å². The number of thiol groups is 1. The molecule has 1 aromatic heterocycles. The molecule has 1 rings (SSSR count). The smallest absolute Gasteiger partial charge is 0.326 e. The van der Waals surface area contributed by atoms with Gasteiger partial charge in [-0.05, 0) is 6.92 Å². The molecule has 1 aromatic rings. The first-order valence-corrected chi connectivity index (χ1v) is 9.97. The van der Waals surface area contributed by atoms with Crippen molar-refractivity contribution in [3.05, 3.63) is 18.2 Å². The third-order valence-corrected chi connectivity index (χ3v) is 4.61. The summed E-state index contributed by atoms with van der Waals surface area (Å²) in [6.45, 7) is 1.29. The number of carbonyl (C=O) groups is 5. The van der Waals surface area contributed by atoms with Crippen molar-refractivity contribution in [3.63, 3.8) is 0 Å². The SMILES string of the molecule is CC(O)C(N)C(=O)NC(CS)C(=O)NC(Cc1cnc[nH]1)C(=O)NC(CC(=O)O)C(=O)O. The lowest BCUT2D eigenvalue weighted by molar-refractivity contribution is -0.147. The van der Waals surface area contributed by atoms with Gasteiger partial charge in [0.05, 0.1) is 18.9 Å². The number of aromatic amines is 1. The van der Waals surface area contributed by atoms with Gasteiger partial charge in [-0.1, -0.05) is 0 Å². The Kier molecular flexibility index (Phi) is 10.6. The molecule has 0 spiro atoms. The number of carboxylic acids is 2. The first kappa shape index (κ1) is 26.9. The van der Waals surface area contributed by atoms with Gasteiger partial charge in [-0.2, -0.15) is 12.6 Å². The van der Waals surface area contributed by atoms with Gasteiger partial charge in [0.15, 0.2) is 0 Å². The number of aliphatic hydroxyl groups is 1. The summed E-state index contributed by atoms with van der Waals surface area (Å²) in [6.07, 6.45) is 0.498. The van der Waals surface area contributed by atoms with Crippen LogP contribution in [-0.4, -0.2) is 91.0 Å². The standard InChI is InChI=1S/C17H26N6O8S/c1-7(24)13(18)16(29)23-11(5-32)15(28)21-9(2-8-4-19-6-20-8)14(27)22-10(17(30)31)3-12(25)26/h4,6-7,9-11,13,24,32H,2-3,5,18H2,1H3,(H,19,20)(H,21,28)(H,22,27)(H,23,29)(H,25,26)(H,30,31). The normalized spacial score (nSPS) is 15.5. The molecule has 0 aromatic carbocycles. The number of H-pyrrole nitrogens is 1. The number of aliphatic carboxylic acids is 2. The molecular weight excluding hydrogens is 448 g/mol. The molecule has 0 aliphatic carbocycles. The molecule has 0 aliphatic heterocycles. The summed E-state index contributed by atoms with van der Waals surface area (Å²) in [4.78, 5) is 66.0. The van der Waals surface area contributed by atoms with Gasteiger partial charge in [-0.25, -0.2) is 9.78 Å². The van der Waals surface area contributed by atoms with Gasteiger partial charge in [-0.15, -0.1) is 0 Å². The number of nitrogens with two attached hydrogens (primary N) is 1. The van der Waals surface area contributed by atoms with Crippen LogP contribution >= 0.6 is 12.6 Å². The molecule has 5 unspecified atom stereocenters.